The van der Waals surface area contributed by atoms with E-state index in [9.17, 15) is 4.79 Å². The molecule has 21 heavy (non-hydrogen) atoms. The fraction of sp³-hybridized carbons (Fsp3) is 0.647. The molecule has 0 unspecified atom stereocenters. The quantitative estimate of drug-likeness (QED) is 0.839. The fourth-order valence-corrected chi connectivity index (χ4v) is 3.26. The first kappa shape index (κ1) is 14.4. The molecular formula is C17H25N3O. The summed E-state index contributed by atoms with van der Waals surface area (Å²) in [6.45, 7) is 6.20. The van der Waals surface area contributed by atoms with Gasteiger partial charge in [-0.05, 0) is 44.1 Å². The molecule has 4 nitrogen and oxygen atoms in total. The van der Waals surface area contributed by atoms with E-state index in [0.29, 0.717) is 0 Å². The van der Waals surface area contributed by atoms with Gasteiger partial charge in [-0.1, -0.05) is 6.92 Å². The summed E-state index contributed by atoms with van der Waals surface area (Å²) >= 11 is 0. The minimum Gasteiger partial charge on any atom is -0.370 e. The molecule has 2 aliphatic heterocycles. The minimum atomic E-state index is 0.147. The molecule has 114 valence electrons. The van der Waals surface area contributed by atoms with Crippen molar-refractivity contribution < 1.29 is 4.79 Å². The zero-order chi connectivity index (χ0) is 14.7. The highest BCUT2D eigenvalue weighted by Crippen LogP contribution is 2.22. The zero-order valence-electron chi connectivity index (χ0n) is 12.9. The summed E-state index contributed by atoms with van der Waals surface area (Å²) in [6.07, 6.45) is 9.63. The number of hydrogen-bond acceptors (Lipinski definition) is 3. The maximum absolute atomic E-state index is 12.6. The van der Waals surface area contributed by atoms with Crippen LogP contribution in [-0.2, 0) is 0 Å². The molecule has 0 bridgehead atoms. The van der Waals surface area contributed by atoms with E-state index in [-0.39, 0.29) is 5.91 Å². The van der Waals surface area contributed by atoms with E-state index in [1.807, 2.05) is 17.2 Å². The Balaban J connectivity index is 1.71. The van der Waals surface area contributed by atoms with Gasteiger partial charge in [-0.2, -0.15) is 0 Å². The van der Waals surface area contributed by atoms with Crippen LogP contribution < -0.4 is 4.90 Å². The van der Waals surface area contributed by atoms with Crippen molar-refractivity contribution in [3.8, 4) is 0 Å². The van der Waals surface area contributed by atoms with E-state index in [1.165, 1.54) is 19.3 Å². The largest absolute Gasteiger partial charge is 0.370 e. The number of rotatable bonds is 2. The second-order valence-corrected chi connectivity index (χ2v) is 6.45. The Morgan fingerprint density at radius 1 is 1.10 bits per heavy atom. The van der Waals surface area contributed by atoms with E-state index < -0.39 is 0 Å². The fourth-order valence-electron chi connectivity index (χ4n) is 3.26. The lowest BCUT2D eigenvalue weighted by Crippen LogP contribution is -2.38. The third kappa shape index (κ3) is 3.36. The molecule has 0 saturated carbocycles. The molecule has 0 spiro atoms. The van der Waals surface area contributed by atoms with Crippen molar-refractivity contribution in [2.45, 2.75) is 39.0 Å². The summed E-state index contributed by atoms with van der Waals surface area (Å²) in [5, 5.41) is 0. The first-order chi connectivity index (χ1) is 10.2. The van der Waals surface area contributed by atoms with Crippen LogP contribution in [0.4, 0.5) is 5.69 Å². The molecule has 0 N–H and O–H groups in total. The predicted molar refractivity (Wildman–Crippen MR) is 84.6 cm³/mol. The number of anilines is 1. The Kier molecular flexibility index (Phi) is 4.42. The standard InChI is InChI=1S/C17H25N3O/c1-14-5-9-20(10-6-14)17(21)15-11-16(13-18-12-15)19-7-3-2-4-8-19/h11-14H,2-10H2,1H3. The Morgan fingerprint density at radius 2 is 1.81 bits per heavy atom. The first-order valence-corrected chi connectivity index (χ1v) is 8.23. The number of carbonyl (C=O) groups is 1. The molecule has 2 saturated heterocycles. The molecule has 2 fully saturated rings. The molecule has 0 aliphatic carbocycles. The van der Waals surface area contributed by atoms with Crippen molar-refractivity contribution in [2.75, 3.05) is 31.1 Å². The van der Waals surface area contributed by atoms with Crippen LogP contribution >= 0.6 is 0 Å². The molecule has 0 aromatic carbocycles. The topological polar surface area (TPSA) is 36.4 Å². The summed E-state index contributed by atoms with van der Waals surface area (Å²) in [5.41, 5.74) is 1.85. The number of nitrogens with zero attached hydrogens (tertiary/aromatic N) is 3. The van der Waals surface area contributed by atoms with Crippen LogP contribution in [0, 0.1) is 5.92 Å². The van der Waals surface area contributed by atoms with Crippen LogP contribution in [-0.4, -0.2) is 42.0 Å². The van der Waals surface area contributed by atoms with Crippen molar-refractivity contribution >= 4 is 11.6 Å². The van der Waals surface area contributed by atoms with Gasteiger partial charge in [0.2, 0.25) is 0 Å². The molecule has 2 aliphatic rings. The highest BCUT2D eigenvalue weighted by molar-refractivity contribution is 5.94. The molecule has 1 aromatic rings. The normalized spacial score (nSPS) is 20.6. The lowest BCUT2D eigenvalue weighted by molar-refractivity contribution is 0.0697. The number of amides is 1. The average Bonchev–Trinajstić information content (AvgIpc) is 2.56. The number of likely N-dealkylation sites (tertiary alicyclic amines) is 1. The maximum Gasteiger partial charge on any atom is 0.255 e. The molecule has 3 heterocycles. The van der Waals surface area contributed by atoms with E-state index in [0.717, 1.165) is 56.2 Å². The van der Waals surface area contributed by atoms with Crippen LogP contribution in [0.1, 0.15) is 49.4 Å². The third-order valence-corrected chi connectivity index (χ3v) is 4.76. The van der Waals surface area contributed by atoms with Crippen molar-refractivity contribution in [3.63, 3.8) is 0 Å². The minimum absolute atomic E-state index is 0.147. The van der Waals surface area contributed by atoms with Crippen molar-refractivity contribution in [2.24, 2.45) is 5.92 Å². The maximum atomic E-state index is 12.6. The molecule has 1 amide bonds. The van der Waals surface area contributed by atoms with Gasteiger partial charge < -0.3 is 9.80 Å². The van der Waals surface area contributed by atoms with Gasteiger partial charge >= 0.3 is 0 Å². The number of piperidine rings is 2. The lowest BCUT2D eigenvalue weighted by Gasteiger charge is -2.31. The van der Waals surface area contributed by atoms with Gasteiger partial charge in [0.25, 0.3) is 5.91 Å². The van der Waals surface area contributed by atoms with Gasteiger partial charge in [0, 0.05) is 32.4 Å². The third-order valence-electron chi connectivity index (χ3n) is 4.76. The number of carbonyl (C=O) groups excluding carboxylic acids is 1. The number of hydrogen-bond donors (Lipinski definition) is 0. The van der Waals surface area contributed by atoms with Crippen molar-refractivity contribution in [1.82, 2.24) is 9.88 Å². The van der Waals surface area contributed by atoms with Crippen LogP contribution in [0.25, 0.3) is 0 Å². The average molecular weight is 287 g/mol. The Hall–Kier alpha value is -1.58. The summed E-state index contributed by atoms with van der Waals surface area (Å²) in [4.78, 5) is 21.2. The van der Waals surface area contributed by atoms with E-state index in [2.05, 4.69) is 16.8 Å². The van der Waals surface area contributed by atoms with E-state index in [1.54, 1.807) is 6.20 Å². The van der Waals surface area contributed by atoms with Gasteiger partial charge in [0.05, 0.1) is 17.4 Å². The van der Waals surface area contributed by atoms with Crippen molar-refractivity contribution in [1.29, 1.82) is 0 Å². The van der Waals surface area contributed by atoms with Crippen LogP contribution in [0.5, 0.6) is 0 Å². The molecule has 1 aromatic heterocycles. The lowest BCUT2D eigenvalue weighted by atomic mass is 9.99. The molecule has 4 heteroatoms. The monoisotopic (exact) mass is 287 g/mol. The molecule has 0 atom stereocenters. The molecular weight excluding hydrogens is 262 g/mol. The van der Waals surface area contributed by atoms with Crippen LogP contribution in [0.3, 0.4) is 0 Å². The first-order valence-electron chi connectivity index (χ1n) is 8.23. The van der Waals surface area contributed by atoms with Crippen molar-refractivity contribution in [3.05, 3.63) is 24.0 Å². The summed E-state index contributed by atoms with van der Waals surface area (Å²) in [6, 6.07) is 2.03. The number of pyridine rings is 1. The molecule has 0 radical (unpaired) electrons. The van der Waals surface area contributed by atoms with Gasteiger partial charge in [-0.15, -0.1) is 0 Å². The van der Waals surface area contributed by atoms with Gasteiger partial charge in [0.1, 0.15) is 0 Å². The SMILES string of the molecule is CC1CCN(C(=O)c2cncc(N3CCCCC3)c2)CC1. The second kappa shape index (κ2) is 6.46. The van der Waals surface area contributed by atoms with E-state index >= 15 is 0 Å². The smallest absolute Gasteiger partial charge is 0.255 e. The van der Waals surface area contributed by atoms with Gasteiger partial charge in [-0.25, -0.2) is 0 Å². The Bertz CT molecular complexity index is 489. The number of aromatic nitrogens is 1. The Morgan fingerprint density at radius 3 is 2.52 bits per heavy atom. The predicted octanol–water partition coefficient (Wildman–Crippen LogP) is 2.94. The summed E-state index contributed by atoms with van der Waals surface area (Å²) < 4.78 is 0. The van der Waals surface area contributed by atoms with Gasteiger partial charge in [-0.3, -0.25) is 9.78 Å². The van der Waals surface area contributed by atoms with E-state index in [4.69, 9.17) is 0 Å². The zero-order valence-corrected chi connectivity index (χ0v) is 12.9. The van der Waals surface area contributed by atoms with Crippen LogP contribution in [0.15, 0.2) is 18.5 Å². The molecule has 3 rings (SSSR count). The van der Waals surface area contributed by atoms with Crippen LogP contribution in [0.2, 0.25) is 0 Å². The summed E-state index contributed by atoms with van der Waals surface area (Å²) in [5.74, 6) is 0.889. The second-order valence-electron chi connectivity index (χ2n) is 6.45. The highest BCUT2D eigenvalue weighted by atomic mass is 16.2. The van der Waals surface area contributed by atoms with Gasteiger partial charge in [0.15, 0.2) is 0 Å². The Labute approximate surface area is 127 Å². The highest BCUT2D eigenvalue weighted by Gasteiger charge is 2.22. The summed E-state index contributed by atoms with van der Waals surface area (Å²) in [7, 11) is 0.